The number of thioether (sulfide) groups is 1. The summed E-state index contributed by atoms with van der Waals surface area (Å²) in [6.07, 6.45) is 5.29. The molecule has 2 rings (SSSR count). The van der Waals surface area contributed by atoms with E-state index in [2.05, 4.69) is 16.0 Å². The Morgan fingerprint density at radius 2 is 2.20 bits per heavy atom. The fraction of sp³-hybridized carbons (Fsp3) is 0.0909. The van der Waals surface area contributed by atoms with Crippen LogP contribution in [0, 0.1) is 0 Å². The quantitative estimate of drug-likeness (QED) is 0.786. The summed E-state index contributed by atoms with van der Waals surface area (Å²) >= 11 is 1.69. The summed E-state index contributed by atoms with van der Waals surface area (Å²) in [6.45, 7) is 0. The van der Waals surface area contributed by atoms with Gasteiger partial charge in [-0.1, -0.05) is 12.1 Å². The maximum atomic E-state index is 10.8. The number of hydrogen-bond acceptors (Lipinski definition) is 3. The van der Waals surface area contributed by atoms with Crippen LogP contribution in [-0.4, -0.2) is 16.2 Å². The van der Waals surface area contributed by atoms with Crippen molar-refractivity contribution < 1.29 is 0 Å². The first-order valence-corrected chi connectivity index (χ1v) is 5.71. The third kappa shape index (κ3) is 2.27. The second-order valence-corrected chi connectivity index (χ2v) is 3.92. The summed E-state index contributed by atoms with van der Waals surface area (Å²) in [4.78, 5) is 18.3. The Hall–Kier alpha value is -1.55. The number of benzene rings is 1. The van der Waals surface area contributed by atoms with Gasteiger partial charge in [0.15, 0.2) is 0 Å². The number of H-pyrrole nitrogens is 1. The van der Waals surface area contributed by atoms with Crippen molar-refractivity contribution in [3.8, 4) is 11.1 Å². The Morgan fingerprint density at radius 3 is 2.87 bits per heavy atom. The van der Waals surface area contributed by atoms with Gasteiger partial charge in [0.2, 0.25) is 0 Å². The van der Waals surface area contributed by atoms with Crippen molar-refractivity contribution in [2.45, 2.75) is 4.90 Å². The van der Waals surface area contributed by atoms with E-state index in [0.29, 0.717) is 0 Å². The minimum atomic E-state index is -0.320. The summed E-state index contributed by atoms with van der Waals surface area (Å²) in [5.74, 6) is 0. The summed E-state index contributed by atoms with van der Waals surface area (Å²) < 4.78 is 0. The van der Waals surface area contributed by atoms with Crippen LogP contribution < -0.4 is 5.69 Å². The van der Waals surface area contributed by atoms with Crippen LogP contribution in [0.25, 0.3) is 11.1 Å². The minimum absolute atomic E-state index is 0.320. The van der Waals surface area contributed by atoms with Crippen LogP contribution in [0.4, 0.5) is 0 Å². The van der Waals surface area contributed by atoms with Crippen LogP contribution >= 0.6 is 11.8 Å². The fourth-order valence-electron chi connectivity index (χ4n) is 1.30. The van der Waals surface area contributed by atoms with Crippen molar-refractivity contribution in [3.05, 3.63) is 47.1 Å². The van der Waals surface area contributed by atoms with Crippen LogP contribution in [-0.2, 0) is 0 Å². The van der Waals surface area contributed by atoms with Crippen LogP contribution in [0.1, 0.15) is 0 Å². The largest absolute Gasteiger partial charge is 0.344 e. The van der Waals surface area contributed by atoms with E-state index >= 15 is 0 Å². The van der Waals surface area contributed by atoms with E-state index in [-0.39, 0.29) is 5.69 Å². The van der Waals surface area contributed by atoms with Crippen molar-refractivity contribution in [2.24, 2.45) is 0 Å². The summed E-state index contributed by atoms with van der Waals surface area (Å²) in [5, 5.41) is 0. The monoisotopic (exact) mass is 218 g/mol. The number of rotatable bonds is 2. The normalized spacial score (nSPS) is 10.2. The molecule has 0 aliphatic carbocycles. The van der Waals surface area contributed by atoms with Gasteiger partial charge in [-0.05, 0) is 24.0 Å². The third-order valence-corrected chi connectivity index (χ3v) is 2.80. The molecule has 1 N–H and O–H groups in total. The van der Waals surface area contributed by atoms with Crippen molar-refractivity contribution >= 4 is 11.8 Å². The van der Waals surface area contributed by atoms with Crippen molar-refractivity contribution in [1.82, 2.24) is 9.97 Å². The van der Waals surface area contributed by atoms with Gasteiger partial charge in [-0.25, -0.2) is 9.78 Å². The molecule has 0 amide bonds. The number of nitrogens with zero attached hydrogens (tertiary/aromatic N) is 1. The summed E-state index contributed by atoms with van der Waals surface area (Å²) in [7, 11) is 0. The van der Waals surface area contributed by atoms with Gasteiger partial charge in [0.05, 0.1) is 0 Å². The maximum absolute atomic E-state index is 10.8. The molecule has 3 nitrogen and oxygen atoms in total. The lowest BCUT2D eigenvalue weighted by molar-refractivity contribution is 1.08. The Morgan fingerprint density at radius 1 is 1.33 bits per heavy atom. The average molecular weight is 218 g/mol. The smallest absolute Gasteiger partial charge is 0.312 e. The van der Waals surface area contributed by atoms with E-state index in [0.717, 1.165) is 11.1 Å². The molecule has 15 heavy (non-hydrogen) atoms. The molecule has 0 atom stereocenters. The number of aromatic amines is 1. The Labute approximate surface area is 91.6 Å². The molecule has 1 aromatic heterocycles. The Bertz CT molecular complexity index is 501. The highest BCUT2D eigenvalue weighted by molar-refractivity contribution is 7.98. The molecule has 4 heteroatoms. The first-order valence-electron chi connectivity index (χ1n) is 4.49. The highest BCUT2D eigenvalue weighted by atomic mass is 32.2. The molecule has 76 valence electrons. The molecule has 0 saturated heterocycles. The average Bonchev–Trinajstić information content (AvgIpc) is 2.30. The van der Waals surface area contributed by atoms with Crippen LogP contribution in [0.5, 0.6) is 0 Å². The van der Waals surface area contributed by atoms with Crippen LogP contribution in [0.2, 0.25) is 0 Å². The van der Waals surface area contributed by atoms with Gasteiger partial charge in [-0.15, -0.1) is 11.8 Å². The van der Waals surface area contributed by atoms with E-state index in [4.69, 9.17) is 0 Å². The molecule has 2 aromatic rings. The second-order valence-electron chi connectivity index (χ2n) is 3.04. The van der Waals surface area contributed by atoms with E-state index in [1.165, 1.54) is 4.90 Å². The Kier molecular flexibility index (Phi) is 2.87. The zero-order valence-electron chi connectivity index (χ0n) is 8.23. The topological polar surface area (TPSA) is 45.8 Å². The molecule has 0 radical (unpaired) electrons. The molecular formula is C11H10N2OS. The standard InChI is InChI=1S/C11H10N2OS/c1-15-10-4-2-3-8(5-10)9-6-12-11(14)13-7-9/h2-7H,1H3,(H,12,13,14). The second kappa shape index (κ2) is 4.31. The highest BCUT2D eigenvalue weighted by Crippen LogP contribution is 2.22. The van der Waals surface area contributed by atoms with E-state index in [9.17, 15) is 4.79 Å². The summed E-state index contributed by atoms with van der Waals surface area (Å²) in [5.41, 5.74) is 1.66. The van der Waals surface area contributed by atoms with Gasteiger partial charge in [0.1, 0.15) is 0 Å². The predicted octanol–water partition coefficient (Wildman–Crippen LogP) is 2.16. The molecule has 0 bridgehead atoms. The Balaban J connectivity index is 2.44. The lowest BCUT2D eigenvalue weighted by Gasteiger charge is -2.02. The van der Waals surface area contributed by atoms with Crippen molar-refractivity contribution in [2.75, 3.05) is 6.26 Å². The number of hydrogen-bond donors (Lipinski definition) is 1. The zero-order chi connectivity index (χ0) is 10.7. The number of aromatic nitrogens is 2. The lowest BCUT2D eigenvalue weighted by atomic mass is 10.1. The predicted molar refractivity (Wildman–Crippen MR) is 62.1 cm³/mol. The van der Waals surface area contributed by atoms with Crippen LogP contribution in [0.3, 0.4) is 0 Å². The van der Waals surface area contributed by atoms with Crippen LogP contribution in [0.15, 0.2) is 46.3 Å². The SMILES string of the molecule is CSc1cccc(-c2cnc(=O)[nH]c2)c1. The van der Waals surface area contributed by atoms with E-state index in [1.54, 1.807) is 24.2 Å². The molecule has 1 heterocycles. The molecule has 0 spiro atoms. The van der Waals surface area contributed by atoms with Gasteiger partial charge in [0, 0.05) is 22.9 Å². The van der Waals surface area contributed by atoms with Crippen molar-refractivity contribution in [1.29, 1.82) is 0 Å². The zero-order valence-corrected chi connectivity index (χ0v) is 9.04. The fourth-order valence-corrected chi connectivity index (χ4v) is 1.76. The molecule has 0 aliphatic rings. The van der Waals surface area contributed by atoms with Crippen molar-refractivity contribution in [3.63, 3.8) is 0 Å². The minimum Gasteiger partial charge on any atom is -0.312 e. The van der Waals surface area contributed by atoms with E-state index < -0.39 is 0 Å². The first-order chi connectivity index (χ1) is 7.29. The molecule has 0 saturated carbocycles. The molecule has 0 unspecified atom stereocenters. The molecule has 1 aromatic carbocycles. The van der Waals surface area contributed by atoms with E-state index in [1.807, 2.05) is 24.5 Å². The first kappa shape index (κ1) is 9.98. The molecule has 0 fully saturated rings. The number of nitrogens with one attached hydrogen (secondary N) is 1. The van der Waals surface area contributed by atoms with Gasteiger partial charge in [-0.3, -0.25) is 0 Å². The molecule has 0 aliphatic heterocycles. The maximum Gasteiger partial charge on any atom is 0.344 e. The third-order valence-electron chi connectivity index (χ3n) is 2.08. The van der Waals surface area contributed by atoms with Gasteiger partial charge in [-0.2, -0.15) is 0 Å². The molecular weight excluding hydrogens is 208 g/mol. The van der Waals surface area contributed by atoms with Gasteiger partial charge in [0.25, 0.3) is 0 Å². The van der Waals surface area contributed by atoms with Gasteiger partial charge < -0.3 is 4.98 Å². The summed E-state index contributed by atoms with van der Waals surface area (Å²) in [6, 6.07) is 8.11. The highest BCUT2D eigenvalue weighted by Gasteiger charge is 1.98. The lowest BCUT2D eigenvalue weighted by Crippen LogP contribution is -2.07. The van der Waals surface area contributed by atoms with Gasteiger partial charge >= 0.3 is 5.69 Å².